The van der Waals surface area contributed by atoms with Crippen LogP contribution in [0.5, 0.6) is 0 Å². The molecule has 1 aromatic carbocycles. The number of allylic oxidation sites excluding steroid dienone is 1. The Bertz CT molecular complexity index is 926. The molecule has 168 valence electrons. The van der Waals surface area contributed by atoms with Gasteiger partial charge in [0.2, 0.25) is 12.1 Å². The van der Waals surface area contributed by atoms with Gasteiger partial charge >= 0.3 is 0 Å². The standard InChI is InChI=1S/C23H29NO7/c1-12-6-8-13(9-7-12)24-18-17-20(30-22(4,5)27-17)31-23(18)11-10-14-15(28-23)16-19(25-14)29-21(2,3)26-16/h6-9,16-20,24H,10-11H2,1-5H3/t16-,17-,18+,19-,20+,23+/m1/s1. The van der Waals surface area contributed by atoms with Crippen molar-refractivity contribution >= 4 is 5.69 Å². The molecule has 31 heavy (non-hydrogen) atoms. The molecule has 3 fully saturated rings. The van der Waals surface area contributed by atoms with Gasteiger partial charge in [-0.05, 0) is 46.8 Å². The second-order valence-corrected chi connectivity index (χ2v) is 9.82. The van der Waals surface area contributed by atoms with E-state index in [1.807, 2.05) is 27.7 Å². The summed E-state index contributed by atoms with van der Waals surface area (Å²) in [6, 6.07) is 7.96. The minimum Gasteiger partial charge on any atom is -0.462 e. The summed E-state index contributed by atoms with van der Waals surface area (Å²) >= 11 is 0. The molecule has 1 aromatic rings. The van der Waals surface area contributed by atoms with E-state index in [-0.39, 0.29) is 12.1 Å². The molecule has 5 aliphatic rings. The van der Waals surface area contributed by atoms with E-state index in [4.69, 9.17) is 33.2 Å². The van der Waals surface area contributed by atoms with Gasteiger partial charge in [0.1, 0.15) is 17.9 Å². The zero-order valence-corrected chi connectivity index (χ0v) is 18.5. The van der Waals surface area contributed by atoms with E-state index in [1.165, 1.54) is 5.56 Å². The topological polar surface area (TPSA) is 76.6 Å². The van der Waals surface area contributed by atoms with Gasteiger partial charge < -0.3 is 38.5 Å². The predicted octanol–water partition coefficient (Wildman–Crippen LogP) is 3.51. The molecule has 0 radical (unpaired) electrons. The van der Waals surface area contributed by atoms with Gasteiger partial charge in [-0.25, -0.2) is 0 Å². The van der Waals surface area contributed by atoms with E-state index in [2.05, 4.69) is 36.5 Å². The van der Waals surface area contributed by atoms with Crippen LogP contribution >= 0.6 is 0 Å². The molecule has 0 bridgehead atoms. The van der Waals surface area contributed by atoms with Gasteiger partial charge in [0.05, 0.1) is 0 Å². The molecule has 6 atom stereocenters. The molecule has 3 saturated heterocycles. The third-order valence-corrected chi connectivity index (χ3v) is 6.41. The van der Waals surface area contributed by atoms with Crippen molar-refractivity contribution in [3.63, 3.8) is 0 Å². The summed E-state index contributed by atoms with van der Waals surface area (Å²) in [5.74, 6) is -1.00. The number of anilines is 1. The van der Waals surface area contributed by atoms with Gasteiger partial charge in [-0.1, -0.05) is 17.7 Å². The molecule has 8 nitrogen and oxygen atoms in total. The maximum Gasteiger partial charge on any atom is 0.236 e. The summed E-state index contributed by atoms with van der Waals surface area (Å²) in [6.45, 7) is 9.60. The molecule has 8 heteroatoms. The number of aryl methyl sites for hydroxylation is 1. The van der Waals surface area contributed by atoms with Crippen LogP contribution in [-0.2, 0) is 33.2 Å². The van der Waals surface area contributed by atoms with E-state index in [0.29, 0.717) is 18.6 Å². The number of nitrogens with one attached hydrogen (secondary N) is 1. The van der Waals surface area contributed by atoms with Crippen molar-refractivity contribution in [1.29, 1.82) is 0 Å². The summed E-state index contributed by atoms with van der Waals surface area (Å²) in [5, 5.41) is 3.60. The Morgan fingerprint density at radius 3 is 2.35 bits per heavy atom. The van der Waals surface area contributed by atoms with E-state index < -0.39 is 36.0 Å². The Labute approximate surface area is 181 Å². The number of hydrogen-bond acceptors (Lipinski definition) is 8. The van der Waals surface area contributed by atoms with Crippen molar-refractivity contribution in [2.75, 3.05) is 5.32 Å². The first-order valence-corrected chi connectivity index (χ1v) is 10.9. The minimum atomic E-state index is -0.968. The molecular formula is C23H29NO7. The Balaban J connectivity index is 1.32. The third kappa shape index (κ3) is 3.15. The van der Waals surface area contributed by atoms with Crippen molar-refractivity contribution in [3.05, 3.63) is 41.3 Å². The first-order valence-electron chi connectivity index (χ1n) is 10.9. The normalized spacial score (nSPS) is 41.5. The molecule has 5 heterocycles. The average molecular weight is 431 g/mol. The van der Waals surface area contributed by atoms with Crippen LogP contribution < -0.4 is 5.32 Å². The van der Waals surface area contributed by atoms with Crippen LogP contribution in [0.15, 0.2) is 35.8 Å². The number of ether oxygens (including phenoxy) is 7. The van der Waals surface area contributed by atoms with Crippen molar-refractivity contribution < 1.29 is 33.2 Å². The number of rotatable bonds is 2. The smallest absolute Gasteiger partial charge is 0.236 e. The average Bonchev–Trinajstić information content (AvgIpc) is 3.33. The van der Waals surface area contributed by atoms with Crippen LogP contribution in [0.25, 0.3) is 0 Å². The van der Waals surface area contributed by atoms with Crippen molar-refractivity contribution in [3.8, 4) is 0 Å². The van der Waals surface area contributed by atoms with E-state index >= 15 is 0 Å². The van der Waals surface area contributed by atoms with Crippen molar-refractivity contribution in [2.24, 2.45) is 0 Å². The van der Waals surface area contributed by atoms with Crippen LogP contribution in [0.1, 0.15) is 46.1 Å². The van der Waals surface area contributed by atoms with Crippen LogP contribution in [0.4, 0.5) is 5.69 Å². The molecule has 6 rings (SSSR count). The molecule has 0 aromatic heterocycles. The van der Waals surface area contributed by atoms with E-state index in [0.717, 1.165) is 11.4 Å². The van der Waals surface area contributed by atoms with Crippen molar-refractivity contribution in [2.45, 2.75) is 95.7 Å². The number of benzene rings is 1. The first kappa shape index (κ1) is 19.8. The second kappa shape index (κ2) is 6.36. The zero-order chi connectivity index (χ0) is 21.6. The molecule has 1 N–H and O–H groups in total. The number of fused-ring (bicyclic) bond motifs is 3. The first-order chi connectivity index (χ1) is 14.6. The quantitative estimate of drug-likeness (QED) is 0.763. The summed E-state index contributed by atoms with van der Waals surface area (Å²) in [5.41, 5.74) is 2.17. The fourth-order valence-electron chi connectivity index (χ4n) is 5.09. The highest BCUT2D eigenvalue weighted by molar-refractivity contribution is 5.47. The lowest BCUT2D eigenvalue weighted by Crippen LogP contribution is -2.53. The highest BCUT2D eigenvalue weighted by Crippen LogP contribution is 2.53. The van der Waals surface area contributed by atoms with Gasteiger partial charge in [0.25, 0.3) is 0 Å². The lowest BCUT2D eigenvalue weighted by Gasteiger charge is -2.40. The molecule has 0 aliphatic carbocycles. The summed E-state index contributed by atoms with van der Waals surface area (Å²) < 4.78 is 43.3. The predicted molar refractivity (Wildman–Crippen MR) is 108 cm³/mol. The maximum atomic E-state index is 6.58. The Morgan fingerprint density at radius 2 is 1.58 bits per heavy atom. The van der Waals surface area contributed by atoms with Crippen LogP contribution in [0.3, 0.4) is 0 Å². The van der Waals surface area contributed by atoms with Gasteiger partial charge in [0, 0.05) is 18.5 Å². The fourth-order valence-corrected chi connectivity index (χ4v) is 5.09. The second-order valence-electron chi connectivity index (χ2n) is 9.82. The van der Waals surface area contributed by atoms with Gasteiger partial charge in [-0.15, -0.1) is 0 Å². The molecule has 5 aliphatic heterocycles. The lowest BCUT2D eigenvalue weighted by molar-refractivity contribution is -0.296. The van der Waals surface area contributed by atoms with E-state index in [9.17, 15) is 0 Å². The Hall–Kier alpha value is -1.84. The molecule has 0 amide bonds. The van der Waals surface area contributed by atoms with Gasteiger partial charge in [-0.3, -0.25) is 0 Å². The molecule has 0 unspecified atom stereocenters. The third-order valence-electron chi connectivity index (χ3n) is 6.41. The fraction of sp³-hybridized carbons (Fsp3) is 0.652. The summed E-state index contributed by atoms with van der Waals surface area (Å²) in [6.07, 6.45) is -0.511. The highest BCUT2D eigenvalue weighted by Gasteiger charge is 2.66. The number of hydrogen-bond donors (Lipinski definition) is 1. The monoisotopic (exact) mass is 431 g/mol. The SMILES string of the molecule is Cc1ccc(N[C@H]2[C@H]3OC(C)(C)O[C@H]3O[C@@]23CCC2=C(O3)[C@H]3OC(C)(C)O[C@H]3O2)cc1. The van der Waals surface area contributed by atoms with Crippen LogP contribution in [-0.4, -0.2) is 48.2 Å². The lowest BCUT2D eigenvalue weighted by atomic mass is 9.95. The summed E-state index contributed by atoms with van der Waals surface area (Å²) in [7, 11) is 0. The highest BCUT2D eigenvalue weighted by atomic mass is 16.9. The Kier molecular flexibility index (Phi) is 4.06. The van der Waals surface area contributed by atoms with Gasteiger partial charge in [0.15, 0.2) is 29.7 Å². The summed E-state index contributed by atoms with van der Waals surface area (Å²) in [4.78, 5) is 0. The minimum absolute atomic E-state index is 0.287. The maximum absolute atomic E-state index is 6.58. The molecular weight excluding hydrogens is 402 g/mol. The van der Waals surface area contributed by atoms with E-state index in [1.54, 1.807) is 0 Å². The van der Waals surface area contributed by atoms with Gasteiger partial charge in [-0.2, -0.15) is 0 Å². The largest absolute Gasteiger partial charge is 0.462 e. The molecule has 0 saturated carbocycles. The zero-order valence-electron chi connectivity index (χ0n) is 18.5. The Morgan fingerprint density at radius 1 is 0.871 bits per heavy atom. The molecule has 1 spiro atoms. The van der Waals surface area contributed by atoms with Crippen LogP contribution in [0, 0.1) is 6.92 Å². The van der Waals surface area contributed by atoms with Crippen LogP contribution in [0.2, 0.25) is 0 Å². The van der Waals surface area contributed by atoms with Crippen molar-refractivity contribution in [1.82, 2.24) is 0 Å².